The van der Waals surface area contributed by atoms with Gasteiger partial charge in [0.25, 0.3) is 5.91 Å². The summed E-state index contributed by atoms with van der Waals surface area (Å²) in [5.74, 6) is -1.11. The van der Waals surface area contributed by atoms with Gasteiger partial charge in [-0.2, -0.15) is 0 Å². The Balaban J connectivity index is 1.80. The van der Waals surface area contributed by atoms with Crippen LogP contribution < -0.4 is 10.2 Å². The van der Waals surface area contributed by atoms with E-state index in [-0.39, 0.29) is 18.2 Å². The standard InChI is InChI=1S/C23H25N3O4S/c1-3-24-23(31)25(14-13-16-7-5-4-6-8-16)19-15-20(27)26(21(19)28)18-11-9-17(10-12-18)22(29)30-2/h4-12,19H,3,13-15H2,1-2H3,(H,24,31). The molecular weight excluding hydrogens is 414 g/mol. The molecule has 1 unspecified atom stereocenters. The summed E-state index contributed by atoms with van der Waals surface area (Å²) < 4.78 is 4.69. The second-order valence-electron chi connectivity index (χ2n) is 7.09. The summed E-state index contributed by atoms with van der Waals surface area (Å²) in [7, 11) is 1.30. The lowest BCUT2D eigenvalue weighted by Crippen LogP contribution is -2.50. The van der Waals surface area contributed by atoms with Crippen molar-refractivity contribution in [3.63, 3.8) is 0 Å². The van der Waals surface area contributed by atoms with Crippen LogP contribution in [0.1, 0.15) is 29.3 Å². The van der Waals surface area contributed by atoms with Crippen LogP contribution in [0.25, 0.3) is 0 Å². The van der Waals surface area contributed by atoms with Crippen LogP contribution in [0.15, 0.2) is 54.6 Å². The Morgan fingerprint density at radius 3 is 2.45 bits per heavy atom. The molecule has 0 aliphatic carbocycles. The quantitative estimate of drug-likeness (QED) is 0.404. The Morgan fingerprint density at radius 2 is 1.84 bits per heavy atom. The molecule has 0 bridgehead atoms. The number of rotatable bonds is 7. The zero-order chi connectivity index (χ0) is 22.4. The molecule has 1 N–H and O–H groups in total. The minimum absolute atomic E-state index is 0.0396. The van der Waals surface area contributed by atoms with Crippen molar-refractivity contribution in [2.45, 2.75) is 25.8 Å². The van der Waals surface area contributed by atoms with Crippen LogP contribution in [0.3, 0.4) is 0 Å². The largest absolute Gasteiger partial charge is 0.465 e. The molecular formula is C23H25N3O4S. The van der Waals surface area contributed by atoms with E-state index in [9.17, 15) is 14.4 Å². The van der Waals surface area contributed by atoms with Crippen molar-refractivity contribution in [2.24, 2.45) is 0 Å². The van der Waals surface area contributed by atoms with Crippen molar-refractivity contribution in [1.29, 1.82) is 0 Å². The van der Waals surface area contributed by atoms with Gasteiger partial charge in [-0.05, 0) is 55.4 Å². The number of benzene rings is 2. The number of imide groups is 1. The first kappa shape index (κ1) is 22.4. The maximum Gasteiger partial charge on any atom is 0.337 e. The molecule has 1 fully saturated rings. The van der Waals surface area contributed by atoms with Gasteiger partial charge in [0.05, 0.1) is 24.8 Å². The predicted molar refractivity (Wildman–Crippen MR) is 122 cm³/mol. The normalized spacial score (nSPS) is 15.7. The van der Waals surface area contributed by atoms with Crippen molar-refractivity contribution in [2.75, 3.05) is 25.1 Å². The number of esters is 1. The molecule has 1 aliphatic heterocycles. The number of anilines is 1. The van der Waals surface area contributed by atoms with E-state index < -0.39 is 12.0 Å². The van der Waals surface area contributed by atoms with Gasteiger partial charge in [0, 0.05) is 13.1 Å². The van der Waals surface area contributed by atoms with Crippen molar-refractivity contribution >= 4 is 40.8 Å². The molecule has 0 spiro atoms. The van der Waals surface area contributed by atoms with Gasteiger partial charge in [0.1, 0.15) is 6.04 Å². The second kappa shape index (κ2) is 10.2. The monoisotopic (exact) mass is 439 g/mol. The van der Waals surface area contributed by atoms with Gasteiger partial charge >= 0.3 is 5.97 Å². The Bertz CT molecular complexity index is 963. The number of methoxy groups -OCH3 is 1. The van der Waals surface area contributed by atoms with E-state index >= 15 is 0 Å². The lowest BCUT2D eigenvalue weighted by Gasteiger charge is -2.30. The van der Waals surface area contributed by atoms with Crippen LogP contribution in [0, 0.1) is 0 Å². The third kappa shape index (κ3) is 5.08. The summed E-state index contributed by atoms with van der Waals surface area (Å²) in [6.07, 6.45) is 0.732. The molecule has 1 saturated heterocycles. The van der Waals surface area contributed by atoms with Crippen LogP contribution in [0.4, 0.5) is 5.69 Å². The number of ether oxygens (including phenoxy) is 1. The van der Waals surface area contributed by atoms with Gasteiger partial charge in [0.2, 0.25) is 5.91 Å². The summed E-state index contributed by atoms with van der Waals surface area (Å²) in [6.45, 7) is 3.06. The average molecular weight is 440 g/mol. The van der Waals surface area contributed by atoms with Crippen molar-refractivity contribution in [3.05, 3.63) is 65.7 Å². The smallest absolute Gasteiger partial charge is 0.337 e. The van der Waals surface area contributed by atoms with Gasteiger partial charge in [0.15, 0.2) is 5.11 Å². The molecule has 2 aromatic rings. The molecule has 2 amide bonds. The second-order valence-corrected chi connectivity index (χ2v) is 7.48. The summed E-state index contributed by atoms with van der Waals surface area (Å²) in [4.78, 5) is 40.6. The molecule has 2 aromatic carbocycles. The molecule has 0 saturated carbocycles. The highest BCUT2D eigenvalue weighted by atomic mass is 32.1. The van der Waals surface area contributed by atoms with Gasteiger partial charge in [-0.25, -0.2) is 9.69 Å². The SMILES string of the molecule is CCNC(=S)N(CCc1ccccc1)C1CC(=O)N(c2ccc(C(=O)OC)cc2)C1=O. The van der Waals surface area contributed by atoms with E-state index in [1.54, 1.807) is 17.0 Å². The Labute approximate surface area is 187 Å². The average Bonchev–Trinajstić information content (AvgIpc) is 3.08. The summed E-state index contributed by atoms with van der Waals surface area (Å²) >= 11 is 5.51. The van der Waals surface area contributed by atoms with E-state index in [0.717, 1.165) is 10.5 Å². The zero-order valence-electron chi connectivity index (χ0n) is 17.5. The van der Waals surface area contributed by atoms with Crippen LogP contribution in [0.2, 0.25) is 0 Å². The zero-order valence-corrected chi connectivity index (χ0v) is 18.4. The number of thiocarbonyl (C=S) groups is 1. The molecule has 0 radical (unpaired) electrons. The lowest BCUT2D eigenvalue weighted by atomic mass is 10.1. The molecule has 1 aliphatic rings. The third-order valence-electron chi connectivity index (χ3n) is 5.12. The van der Waals surface area contributed by atoms with Crippen LogP contribution >= 0.6 is 12.2 Å². The first-order chi connectivity index (χ1) is 15.0. The highest BCUT2D eigenvalue weighted by Gasteiger charge is 2.43. The van der Waals surface area contributed by atoms with Crippen LogP contribution in [-0.2, 0) is 20.7 Å². The molecule has 7 nitrogen and oxygen atoms in total. The maximum absolute atomic E-state index is 13.2. The fourth-order valence-corrected chi connectivity index (χ4v) is 3.90. The molecule has 0 aromatic heterocycles. The summed E-state index contributed by atoms with van der Waals surface area (Å²) in [5.41, 5.74) is 1.89. The molecule has 1 atom stereocenters. The first-order valence-electron chi connectivity index (χ1n) is 10.1. The maximum atomic E-state index is 13.2. The van der Waals surface area contributed by atoms with Crippen molar-refractivity contribution in [3.8, 4) is 0 Å². The molecule has 162 valence electrons. The topological polar surface area (TPSA) is 79.0 Å². The van der Waals surface area contributed by atoms with E-state index in [1.165, 1.54) is 19.2 Å². The minimum atomic E-state index is -0.678. The Kier molecular flexibility index (Phi) is 7.36. The Hall–Kier alpha value is -3.26. The van der Waals surface area contributed by atoms with E-state index in [0.29, 0.717) is 35.9 Å². The fraction of sp³-hybridized carbons (Fsp3) is 0.304. The van der Waals surface area contributed by atoms with Gasteiger partial charge in [-0.1, -0.05) is 30.3 Å². The lowest BCUT2D eigenvalue weighted by molar-refractivity contribution is -0.122. The minimum Gasteiger partial charge on any atom is -0.465 e. The van der Waals surface area contributed by atoms with E-state index in [1.807, 2.05) is 37.3 Å². The first-order valence-corrected chi connectivity index (χ1v) is 10.5. The molecule has 31 heavy (non-hydrogen) atoms. The third-order valence-corrected chi connectivity index (χ3v) is 5.50. The Morgan fingerprint density at radius 1 is 1.16 bits per heavy atom. The number of carbonyl (C=O) groups excluding carboxylic acids is 3. The predicted octanol–water partition coefficient (Wildman–Crippen LogP) is 2.54. The highest BCUT2D eigenvalue weighted by Crippen LogP contribution is 2.26. The number of amides is 2. The number of nitrogens with zero attached hydrogens (tertiary/aromatic N) is 2. The van der Waals surface area contributed by atoms with Crippen molar-refractivity contribution < 1.29 is 19.1 Å². The number of hydrogen-bond acceptors (Lipinski definition) is 5. The van der Waals surface area contributed by atoms with Gasteiger partial charge in [-0.3, -0.25) is 9.59 Å². The number of nitrogens with one attached hydrogen (secondary N) is 1. The number of carbonyl (C=O) groups is 3. The molecule has 3 rings (SSSR count). The fourth-order valence-electron chi connectivity index (χ4n) is 3.54. The molecule has 1 heterocycles. The van der Waals surface area contributed by atoms with Gasteiger partial charge < -0.3 is 15.0 Å². The summed E-state index contributed by atoms with van der Waals surface area (Å²) in [6, 6.07) is 15.4. The van der Waals surface area contributed by atoms with E-state index in [2.05, 4.69) is 5.32 Å². The van der Waals surface area contributed by atoms with Crippen LogP contribution in [0.5, 0.6) is 0 Å². The summed E-state index contributed by atoms with van der Waals surface area (Å²) in [5, 5.41) is 3.55. The number of hydrogen-bond donors (Lipinski definition) is 1. The highest BCUT2D eigenvalue weighted by molar-refractivity contribution is 7.80. The molecule has 8 heteroatoms. The van der Waals surface area contributed by atoms with E-state index in [4.69, 9.17) is 17.0 Å². The van der Waals surface area contributed by atoms with Gasteiger partial charge in [-0.15, -0.1) is 0 Å². The van der Waals surface area contributed by atoms with Crippen LogP contribution in [-0.4, -0.2) is 54.0 Å². The van der Waals surface area contributed by atoms with Crippen molar-refractivity contribution in [1.82, 2.24) is 10.2 Å².